The van der Waals surface area contributed by atoms with E-state index in [2.05, 4.69) is 84.9 Å². The van der Waals surface area contributed by atoms with Gasteiger partial charge in [-0.3, -0.25) is 9.59 Å². The van der Waals surface area contributed by atoms with Crippen LogP contribution in [0.25, 0.3) is 64.6 Å². The molecule has 0 spiro atoms. The topological polar surface area (TPSA) is 34.1 Å². The first-order chi connectivity index (χ1) is 19.7. The van der Waals surface area contributed by atoms with Gasteiger partial charge in [-0.15, -0.1) is 0 Å². The zero-order valence-electron chi connectivity index (χ0n) is 21.4. The maximum absolute atomic E-state index is 13.3. The summed E-state index contributed by atoms with van der Waals surface area (Å²) in [4.78, 5) is 26.7. The van der Waals surface area contributed by atoms with Gasteiger partial charge in [0.1, 0.15) is 0 Å². The molecule has 0 unspecified atom stereocenters. The molecular weight excluding hydrogens is 529 g/mol. The Morgan fingerprint density at radius 1 is 0.400 bits per heavy atom. The first-order valence-corrected chi connectivity index (χ1v) is 15.3. The number of carbonyl (C=O) groups is 2. The summed E-state index contributed by atoms with van der Waals surface area (Å²) in [7, 11) is 0. The van der Waals surface area contributed by atoms with Crippen LogP contribution in [0.5, 0.6) is 0 Å². The molecule has 0 radical (unpaired) electrons. The lowest BCUT2D eigenvalue weighted by Gasteiger charge is -2.13. The summed E-state index contributed by atoms with van der Waals surface area (Å²) in [6, 6.07) is 37.6. The van der Waals surface area contributed by atoms with Gasteiger partial charge < -0.3 is 0 Å². The number of hydrogen-bond acceptors (Lipinski definition) is 4. The molecule has 0 bridgehead atoms. The second-order valence-corrected chi connectivity index (χ2v) is 12.3. The van der Waals surface area contributed by atoms with E-state index in [0.29, 0.717) is 11.5 Å². The average molecular weight is 551 g/mol. The molecular formula is C36H22O2S2. The van der Waals surface area contributed by atoms with Crippen LogP contribution in [0.2, 0.25) is 0 Å². The fourth-order valence-corrected chi connectivity index (χ4v) is 7.96. The van der Waals surface area contributed by atoms with E-state index in [4.69, 9.17) is 0 Å². The Morgan fingerprint density at radius 2 is 0.725 bits per heavy atom. The van der Waals surface area contributed by atoms with Crippen molar-refractivity contribution in [3.63, 3.8) is 0 Å². The molecule has 0 heterocycles. The van der Waals surface area contributed by atoms with Gasteiger partial charge in [-0.2, -0.15) is 0 Å². The van der Waals surface area contributed by atoms with Crippen molar-refractivity contribution >= 4 is 98.4 Å². The lowest BCUT2D eigenvalue weighted by molar-refractivity contribution is 0.108. The van der Waals surface area contributed by atoms with Crippen molar-refractivity contribution in [2.45, 2.75) is 0 Å². The van der Waals surface area contributed by atoms with Crippen LogP contribution in [0.1, 0.15) is 20.7 Å². The molecule has 190 valence electrons. The fraction of sp³-hybridized carbons (Fsp3) is 0.0556. The van der Waals surface area contributed by atoms with E-state index < -0.39 is 0 Å². The molecule has 8 rings (SSSR count). The zero-order chi connectivity index (χ0) is 26.8. The van der Waals surface area contributed by atoms with Crippen LogP contribution < -0.4 is 0 Å². The standard InChI is InChI=1S/C36H22O2S2/c37-35(29-17-13-25-9-7-21-3-1-5-23-11-15-27(29)33(25)31(21)23)39-19-20-40-36(38)30-18-14-26-10-8-22-4-2-6-24-12-16-28(30)34(26)32(22)24/h1-18H,19-20H2. The number of carbonyl (C=O) groups excluding carboxylic acids is 2. The normalized spacial score (nSPS) is 12.1. The quantitative estimate of drug-likeness (QED) is 0.158. The Morgan fingerprint density at radius 3 is 1.12 bits per heavy atom. The Hall–Kier alpha value is -4.12. The van der Waals surface area contributed by atoms with E-state index in [-0.39, 0.29) is 10.2 Å². The average Bonchev–Trinajstić information content (AvgIpc) is 3.00. The Labute approximate surface area is 239 Å². The molecule has 8 aromatic carbocycles. The number of hydrogen-bond donors (Lipinski definition) is 0. The van der Waals surface area contributed by atoms with E-state index in [0.717, 1.165) is 43.4 Å². The van der Waals surface area contributed by atoms with Crippen LogP contribution >= 0.6 is 23.5 Å². The molecule has 0 aliphatic heterocycles. The van der Waals surface area contributed by atoms with E-state index in [1.165, 1.54) is 55.8 Å². The zero-order valence-corrected chi connectivity index (χ0v) is 23.1. The monoisotopic (exact) mass is 550 g/mol. The SMILES string of the molecule is O=C(SCCSC(=O)c1ccc2ccc3cccc4ccc1c2c34)c1ccc2ccc3cccc4ccc1c2c34. The summed E-state index contributed by atoms with van der Waals surface area (Å²) in [6.45, 7) is 0. The Balaban J connectivity index is 1.03. The van der Waals surface area contributed by atoms with Gasteiger partial charge in [0.2, 0.25) is 10.2 Å². The van der Waals surface area contributed by atoms with E-state index in [1.807, 2.05) is 24.3 Å². The molecule has 0 N–H and O–H groups in total. The van der Waals surface area contributed by atoms with Crippen molar-refractivity contribution in [2.75, 3.05) is 11.5 Å². The summed E-state index contributed by atoms with van der Waals surface area (Å²) in [5.41, 5.74) is 1.47. The minimum Gasteiger partial charge on any atom is -0.282 e. The fourth-order valence-electron chi connectivity index (χ4n) is 6.25. The van der Waals surface area contributed by atoms with Crippen molar-refractivity contribution in [1.82, 2.24) is 0 Å². The molecule has 0 aliphatic rings. The maximum atomic E-state index is 13.3. The van der Waals surface area contributed by atoms with Gasteiger partial charge in [-0.25, -0.2) is 0 Å². The predicted molar refractivity (Wildman–Crippen MR) is 174 cm³/mol. The molecule has 0 atom stereocenters. The van der Waals surface area contributed by atoms with Crippen LogP contribution in [-0.2, 0) is 0 Å². The van der Waals surface area contributed by atoms with Gasteiger partial charge in [0, 0.05) is 22.6 Å². The Kier molecular flexibility index (Phi) is 5.48. The van der Waals surface area contributed by atoms with Gasteiger partial charge in [0.15, 0.2) is 0 Å². The van der Waals surface area contributed by atoms with Crippen LogP contribution in [0.4, 0.5) is 0 Å². The van der Waals surface area contributed by atoms with Crippen molar-refractivity contribution in [3.8, 4) is 0 Å². The lowest BCUT2D eigenvalue weighted by atomic mass is 9.92. The van der Waals surface area contributed by atoms with Crippen LogP contribution in [0.3, 0.4) is 0 Å². The third kappa shape index (κ3) is 3.60. The smallest absolute Gasteiger partial charge is 0.220 e. The molecule has 0 aromatic heterocycles. The second-order valence-electron chi connectivity index (χ2n) is 10.2. The van der Waals surface area contributed by atoms with Crippen LogP contribution in [0, 0.1) is 0 Å². The molecule has 8 aromatic rings. The van der Waals surface area contributed by atoms with Gasteiger partial charge in [0.25, 0.3) is 0 Å². The van der Waals surface area contributed by atoms with Crippen molar-refractivity contribution in [3.05, 3.63) is 120 Å². The van der Waals surface area contributed by atoms with Crippen LogP contribution in [-0.4, -0.2) is 21.7 Å². The van der Waals surface area contributed by atoms with E-state index in [1.54, 1.807) is 0 Å². The molecule has 0 aliphatic carbocycles. The largest absolute Gasteiger partial charge is 0.282 e. The Bertz CT molecular complexity index is 2070. The van der Waals surface area contributed by atoms with Gasteiger partial charge >= 0.3 is 0 Å². The molecule has 0 amide bonds. The summed E-state index contributed by atoms with van der Waals surface area (Å²) >= 11 is 2.59. The highest BCUT2D eigenvalue weighted by Gasteiger charge is 2.18. The summed E-state index contributed by atoms with van der Waals surface area (Å²) in [5, 5.41) is 13.9. The highest BCUT2D eigenvalue weighted by molar-refractivity contribution is 8.17. The maximum Gasteiger partial charge on any atom is 0.220 e. The summed E-state index contributed by atoms with van der Waals surface area (Å²) in [6.07, 6.45) is 0. The van der Waals surface area contributed by atoms with Gasteiger partial charge in [0.05, 0.1) is 0 Å². The number of rotatable bonds is 5. The minimum atomic E-state index is 0.0497. The van der Waals surface area contributed by atoms with Crippen LogP contribution in [0.15, 0.2) is 109 Å². The van der Waals surface area contributed by atoms with Gasteiger partial charge in [-0.1, -0.05) is 121 Å². The third-order valence-corrected chi connectivity index (χ3v) is 10.1. The first-order valence-electron chi connectivity index (χ1n) is 13.3. The molecule has 4 heteroatoms. The van der Waals surface area contributed by atoms with E-state index >= 15 is 0 Å². The second kappa shape index (κ2) is 9.22. The number of thioether (sulfide) groups is 2. The van der Waals surface area contributed by atoms with Crippen molar-refractivity contribution < 1.29 is 9.59 Å². The third-order valence-electron chi connectivity index (χ3n) is 8.05. The summed E-state index contributed by atoms with van der Waals surface area (Å²) < 4.78 is 0. The minimum absolute atomic E-state index is 0.0497. The highest BCUT2D eigenvalue weighted by Crippen LogP contribution is 2.38. The predicted octanol–water partition coefficient (Wildman–Crippen LogP) is 9.93. The van der Waals surface area contributed by atoms with Gasteiger partial charge in [-0.05, 0) is 76.8 Å². The lowest BCUT2D eigenvalue weighted by Crippen LogP contribution is -2.01. The molecule has 0 saturated carbocycles. The molecule has 0 fully saturated rings. The van der Waals surface area contributed by atoms with E-state index in [9.17, 15) is 9.59 Å². The first kappa shape index (κ1) is 23.7. The van der Waals surface area contributed by atoms with Crippen molar-refractivity contribution in [2.24, 2.45) is 0 Å². The van der Waals surface area contributed by atoms with Crippen molar-refractivity contribution in [1.29, 1.82) is 0 Å². The molecule has 40 heavy (non-hydrogen) atoms. The molecule has 0 saturated heterocycles. The number of benzene rings is 8. The molecule has 2 nitrogen and oxygen atoms in total. The highest BCUT2D eigenvalue weighted by atomic mass is 32.2. The summed E-state index contributed by atoms with van der Waals surface area (Å²) in [5.74, 6) is 1.14.